The van der Waals surface area contributed by atoms with Crippen LogP contribution in [0.4, 0.5) is 27.9 Å². The third-order valence-electron chi connectivity index (χ3n) is 6.73. The van der Waals surface area contributed by atoms with Crippen molar-refractivity contribution < 1.29 is 23.8 Å². The first-order chi connectivity index (χ1) is 16.9. The maximum atomic E-state index is 14.3. The number of piperidine rings is 1. The molecule has 2 aromatic rings. The minimum absolute atomic E-state index is 0. The van der Waals surface area contributed by atoms with E-state index in [9.17, 15) is 8.96 Å². The van der Waals surface area contributed by atoms with Crippen LogP contribution in [0.3, 0.4) is 0 Å². The Kier molecular flexibility index (Phi) is 10.1. The van der Waals surface area contributed by atoms with Crippen molar-refractivity contribution in [1.29, 1.82) is 0 Å². The fourth-order valence-corrected chi connectivity index (χ4v) is 4.98. The number of hydrogen-bond donors (Lipinski definition) is 3. The van der Waals surface area contributed by atoms with Gasteiger partial charge in [0, 0.05) is 35.5 Å². The predicted molar refractivity (Wildman–Crippen MR) is 138 cm³/mol. The SMILES string of the molecule is CN1CCC(N(C)c2nc(Nc3ccc(O[P+](=O)O)c(F)c3)nc(NC3CCCCCC3)n2)CC1.O. The highest BCUT2D eigenvalue weighted by Crippen LogP contribution is 2.29. The van der Waals surface area contributed by atoms with Crippen LogP contribution in [0.25, 0.3) is 0 Å². The Bertz CT molecular complexity index is 1020. The first kappa shape index (κ1) is 27.9. The van der Waals surface area contributed by atoms with E-state index in [1.807, 2.05) is 7.05 Å². The summed E-state index contributed by atoms with van der Waals surface area (Å²) in [5.41, 5.74) is 0.391. The van der Waals surface area contributed by atoms with E-state index < -0.39 is 14.1 Å². The molecule has 1 unspecified atom stereocenters. The number of anilines is 4. The number of nitrogens with zero attached hydrogens (tertiary/aromatic N) is 5. The van der Waals surface area contributed by atoms with Crippen molar-refractivity contribution in [1.82, 2.24) is 19.9 Å². The smallest absolute Gasteiger partial charge is 0.412 e. The van der Waals surface area contributed by atoms with Gasteiger partial charge in [-0.1, -0.05) is 25.7 Å². The lowest BCUT2D eigenvalue weighted by atomic mass is 10.0. The molecule has 2 heterocycles. The van der Waals surface area contributed by atoms with Gasteiger partial charge in [-0.05, 0) is 58.0 Å². The summed E-state index contributed by atoms with van der Waals surface area (Å²) in [6, 6.07) is 4.64. The number of rotatable bonds is 8. The molecule has 5 N–H and O–H groups in total. The second-order valence-corrected chi connectivity index (χ2v) is 10.0. The maximum absolute atomic E-state index is 14.3. The normalized spacial score (nSPS) is 18.1. The maximum Gasteiger partial charge on any atom is 0.747 e. The van der Waals surface area contributed by atoms with Gasteiger partial charge in [-0.2, -0.15) is 15.0 Å². The van der Waals surface area contributed by atoms with Crippen molar-refractivity contribution in [2.75, 3.05) is 42.7 Å². The van der Waals surface area contributed by atoms with Gasteiger partial charge in [0.15, 0.2) is 5.82 Å². The van der Waals surface area contributed by atoms with Gasteiger partial charge in [0.05, 0.1) is 0 Å². The van der Waals surface area contributed by atoms with Crippen LogP contribution in [0.5, 0.6) is 5.75 Å². The summed E-state index contributed by atoms with van der Waals surface area (Å²) in [4.78, 5) is 27.3. The van der Waals surface area contributed by atoms with Gasteiger partial charge in [0.1, 0.15) is 0 Å². The molecule has 0 spiro atoms. The van der Waals surface area contributed by atoms with E-state index >= 15 is 0 Å². The molecule has 0 radical (unpaired) electrons. The second-order valence-electron chi connectivity index (χ2n) is 9.36. The Morgan fingerprint density at radius 2 is 1.75 bits per heavy atom. The van der Waals surface area contributed by atoms with Crippen molar-refractivity contribution in [3.63, 3.8) is 0 Å². The lowest BCUT2D eigenvalue weighted by Crippen LogP contribution is -2.42. The molecule has 1 saturated carbocycles. The van der Waals surface area contributed by atoms with Crippen molar-refractivity contribution in [3.05, 3.63) is 24.0 Å². The van der Waals surface area contributed by atoms with E-state index in [1.54, 1.807) is 6.07 Å². The van der Waals surface area contributed by atoms with Gasteiger partial charge in [0.2, 0.25) is 23.6 Å². The molecular formula is C23H36FN7O4P+. The summed E-state index contributed by atoms with van der Waals surface area (Å²) < 4.78 is 29.8. The highest BCUT2D eigenvalue weighted by molar-refractivity contribution is 7.32. The molecule has 11 nitrogen and oxygen atoms in total. The molecule has 2 fully saturated rings. The lowest BCUT2D eigenvalue weighted by molar-refractivity contribution is 0.252. The van der Waals surface area contributed by atoms with Gasteiger partial charge in [-0.15, -0.1) is 4.89 Å². The van der Waals surface area contributed by atoms with E-state index in [-0.39, 0.29) is 11.2 Å². The van der Waals surface area contributed by atoms with Crippen LogP contribution in [0.2, 0.25) is 0 Å². The molecule has 1 aromatic carbocycles. The van der Waals surface area contributed by atoms with Crippen molar-refractivity contribution in [2.45, 2.75) is 63.5 Å². The highest BCUT2D eigenvalue weighted by atomic mass is 31.1. The van der Waals surface area contributed by atoms with Crippen LogP contribution >= 0.6 is 8.25 Å². The first-order valence-electron chi connectivity index (χ1n) is 12.2. The summed E-state index contributed by atoms with van der Waals surface area (Å²) in [5, 5.41) is 6.56. The summed E-state index contributed by atoms with van der Waals surface area (Å²) in [5.74, 6) is 0.301. The third kappa shape index (κ3) is 7.67. The van der Waals surface area contributed by atoms with E-state index in [2.05, 4.69) is 42.0 Å². The molecule has 4 rings (SSSR count). The number of halogens is 1. The third-order valence-corrected chi connectivity index (χ3v) is 7.08. The molecule has 198 valence electrons. The van der Waals surface area contributed by atoms with Gasteiger partial charge in [0.25, 0.3) is 0 Å². The topological polar surface area (TPSA) is 147 Å². The fraction of sp³-hybridized carbons (Fsp3) is 0.609. The van der Waals surface area contributed by atoms with Crippen molar-refractivity contribution in [3.8, 4) is 5.75 Å². The molecule has 13 heteroatoms. The standard InChI is InChI=1S/C23H33FN7O3P.H2O/c1-30-13-11-18(12-14-30)31(2)23-28-21(25-16-7-5-3-4-6-8-16)27-22(29-23)26-17-9-10-20(19(24)15-17)34-35(32)33;/h9-10,15-16,18H,3-8,11-14H2,1-2H3,(H2-,25,26,27,28,29,32,33);1H2/p+1. The van der Waals surface area contributed by atoms with E-state index in [4.69, 9.17) is 9.88 Å². The monoisotopic (exact) mass is 524 g/mol. The lowest BCUT2D eigenvalue weighted by Gasteiger charge is -2.35. The highest BCUT2D eigenvalue weighted by Gasteiger charge is 2.24. The van der Waals surface area contributed by atoms with Crippen LogP contribution in [0, 0.1) is 5.82 Å². The Labute approximate surface area is 211 Å². The molecule has 1 atom stereocenters. The summed E-state index contributed by atoms with van der Waals surface area (Å²) in [7, 11) is 1.19. The zero-order valence-corrected chi connectivity index (χ0v) is 21.7. The quantitative estimate of drug-likeness (QED) is 0.345. The first-order valence-corrected chi connectivity index (χ1v) is 13.3. The Morgan fingerprint density at radius 1 is 1.08 bits per heavy atom. The largest absolute Gasteiger partial charge is 0.747 e. The predicted octanol–water partition coefficient (Wildman–Crippen LogP) is 3.62. The van der Waals surface area contributed by atoms with E-state index in [0.29, 0.717) is 35.6 Å². The molecule has 1 aliphatic carbocycles. The number of nitrogens with one attached hydrogen (secondary N) is 2. The Hall–Kier alpha value is -2.66. The molecule has 36 heavy (non-hydrogen) atoms. The van der Waals surface area contributed by atoms with Crippen LogP contribution in [-0.2, 0) is 4.57 Å². The van der Waals surface area contributed by atoms with Crippen LogP contribution < -0.4 is 20.1 Å². The number of benzene rings is 1. The van der Waals surface area contributed by atoms with Crippen molar-refractivity contribution in [2.24, 2.45) is 0 Å². The van der Waals surface area contributed by atoms with Crippen LogP contribution in [0.15, 0.2) is 18.2 Å². The van der Waals surface area contributed by atoms with Crippen LogP contribution in [0.1, 0.15) is 51.4 Å². The minimum atomic E-state index is -2.95. The molecule has 1 saturated heterocycles. The zero-order chi connectivity index (χ0) is 24.8. The summed E-state index contributed by atoms with van der Waals surface area (Å²) >= 11 is 0. The fourth-order valence-electron chi connectivity index (χ4n) is 4.66. The minimum Gasteiger partial charge on any atom is -0.412 e. The Balaban J connectivity index is 0.00000361. The summed E-state index contributed by atoms with van der Waals surface area (Å²) in [6.07, 6.45) is 9.07. The number of aromatic nitrogens is 3. The number of hydrogen-bond acceptors (Lipinski definition) is 9. The average Bonchev–Trinajstić information content (AvgIpc) is 3.09. The van der Waals surface area contributed by atoms with Gasteiger partial charge >= 0.3 is 8.25 Å². The van der Waals surface area contributed by atoms with Crippen molar-refractivity contribution >= 4 is 31.8 Å². The molecule has 2 aliphatic rings. The molecule has 0 bridgehead atoms. The van der Waals surface area contributed by atoms with E-state index in [0.717, 1.165) is 38.8 Å². The van der Waals surface area contributed by atoms with Gasteiger partial charge in [-0.25, -0.2) is 8.91 Å². The zero-order valence-electron chi connectivity index (χ0n) is 20.8. The Morgan fingerprint density at radius 3 is 2.39 bits per heavy atom. The summed E-state index contributed by atoms with van der Waals surface area (Å²) in [6.45, 7) is 2.04. The molecule has 1 aromatic heterocycles. The molecule has 1 aliphatic heterocycles. The van der Waals surface area contributed by atoms with Gasteiger partial charge < -0.3 is 25.9 Å². The van der Waals surface area contributed by atoms with Gasteiger partial charge in [-0.3, -0.25) is 0 Å². The molecule has 0 amide bonds. The molecular weight excluding hydrogens is 488 g/mol. The van der Waals surface area contributed by atoms with E-state index in [1.165, 1.54) is 37.8 Å². The number of likely N-dealkylation sites (tertiary alicyclic amines) is 1. The van der Waals surface area contributed by atoms with Crippen LogP contribution in [-0.4, -0.2) is 69.5 Å². The average molecular weight is 525 g/mol. The second kappa shape index (κ2) is 13.0.